The summed E-state index contributed by atoms with van der Waals surface area (Å²) in [6.45, 7) is 5.60. The average molecular weight is 302 g/mol. The van der Waals surface area contributed by atoms with Crippen molar-refractivity contribution in [3.8, 4) is 0 Å². The lowest BCUT2D eigenvalue weighted by Gasteiger charge is -2.52. The van der Waals surface area contributed by atoms with Gasteiger partial charge in [0, 0.05) is 43.1 Å². The van der Waals surface area contributed by atoms with E-state index in [4.69, 9.17) is 4.74 Å². The number of rotatable bonds is 2. The molecule has 0 aliphatic carbocycles. The van der Waals surface area contributed by atoms with Gasteiger partial charge in [-0.3, -0.25) is 4.90 Å². The third-order valence-electron chi connectivity index (χ3n) is 3.68. The Morgan fingerprint density at radius 2 is 2.06 bits per heavy atom. The molecule has 2 fully saturated rings. The van der Waals surface area contributed by atoms with Crippen molar-refractivity contribution < 1.29 is 4.74 Å². The van der Waals surface area contributed by atoms with Crippen molar-refractivity contribution in [1.29, 1.82) is 0 Å². The molecular formula is C12H16BrNOS. The Morgan fingerprint density at radius 1 is 1.31 bits per heavy atom. The van der Waals surface area contributed by atoms with Gasteiger partial charge in [0.1, 0.15) is 0 Å². The molecule has 1 aromatic rings. The summed E-state index contributed by atoms with van der Waals surface area (Å²) in [5.41, 5.74) is 0.604. The zero-order valence-electron chi connectivity index (χ0n) is 9.25. The molecule has 0 atom stereocenters. The topological polar surface area (TPSA) is 12.5 Å². The van der Waals surface area contributed by atoms with E-state index in [0.717, 1.165) is 19.8 Å². The Kier molecular flexibility index (Phi) is 3.09. The highest BCUT2D eigenvalue weighted by Gasteiger charge is 2.43. The molecule has 2 aliphatic rings. The fourth-order valence-corrected chi connectivity index (χ4v) is 4.32. The summed E-state index contributed by atoms with van der Waals surface area (Å²) in [6, 6.07) is 4.37. The van der Waals surface area contributed by atoms with E-state index in [0.29, 0.717) is 5.41 Å². The maximum absolute atomic E-state index is 5.43. The Morgan fingerprint density at radius 3 is 2.69 bits per heavy atom. The van der Waals surface area contributed by atoms with Crippen molar-refractivity contribution in [1.82, 2.24) is 4.90 Å². The van der Waals surface area contributed by atoms with Crippen molar-refractivity contribution in [3.05, 3.63) is 20.8 Å². The number of hydrogen-bond donors (Lipinski definition) is 0. The van der Waals surface area contributed by atoms with E-state index in [2.05, 4.69) is 33.0 Å². The first-order valence-corrected chi connectivity index (χ1v) is 7.41. The molecule has 1 spiro atoms. The van der Waals surface area contributed by atoms with Crippen molar-refractivity contribution in [2.45, 2.75) is 19.4 Å². The van der Waals surface area contributed by atoms with Gasteiger partial charge in [0.15, 0.2) is 0 Å². The average Bonchev–Trinajstić information content (AvgIpc) is 2.63. The standard InChI is InChI=1S/C12H16BrNOS/c13-11-2-1-10(16-11)7-14-8-12(9-14)3-5-15-6-4-12/h1-2H,3-9H2. The van der Waals surface area contributed by atoms with Crippen LogP contribution in [-0.2, 0) is 11.3 Å². The van der Waals surface area contributed by atoms with Crippen LogP contribution in [0.25, 0.3) is 0 Å². The molecule has 0 N–H and O–H groups in total. The van der Waals surface area contributed by atoms with Crippen molar-refractivity contribution >= 4 is 27.3 Å². The summed E-state index contributed by atoms with van der Waals surface area (Å²) >= 11 is 5.37. The first-order chi connectivity index (χ1) is 7.76. The lowest BCUT2D eigenvalue weighted by atomic mass is 9.73. The van der Waals surface area contributed by atoms with Gasteiger partial charge in [-0.1, -0.05) is 0 Å². The normalized spacial score (nSPS) is 24.6. The van der Waals surface area contributed by atoms with Crippen LogP contribution in [0, 0.1) is 5.41 Å². The second-order valence-corrected chi connectivity index (χ2v) is 7.51. The quantitative estimate of drug-likeness (QED) is 0.832. The first kappa shape index (κ1) is 11.2. The number of likely N-dealkylation sites (tertiary alicyclic amines) is 1. The van der Waals surface area contributed by atoms with Gasteiger partial charge < -0.3 is 4.74 Å². The highest BCUT2D eigenvalue weighted by Crippen LogP contribution is 2.40. The summed E-state index contributed by atoms with van der Waals surface area (Å²) in [6.07, 6.45) is 2.52. The molecule has 3 rings (SSSR count). The third kappa shape index (κ3) is 2.21. The van der Waals surface area contributed by atoms with Crippen molar-refractivity contribution in [2.24, 2.45) is 5.41 Å². The van der Waals surface area contributed by atoms with Crippen LogP contribution in [-0.4, -0.2) is 31.2 Å². The van der Waals surface area contributed by atoms with Crippen LogP contribution >= 0.6 is 27.3 Å². The van der Waals surface area contributed by atoms with Crippen LogP contribution in [0.1, 0.15) is 17.7 Å². The molecule has 0 bridgehead atoms. The van der Waals surface area contributed by atoms with Crippen LogP contribution < -0.4 is 0 Å². The molecule has 1 aromatic heterocycles. The van der Waals surface area contributed by atoms with Gasteiger partial charge in [0.25, 0.3) is 0 Å². The zero-order valence-corrected chi connectivity index (χ0v) is 11.6. The minimum Gasteiger partial charge on any atom is -0.381 e. The summed E-state index contributed by atoms with van der Waals surface area (Å²) in [5.74, 6) is 0. The summed E-state index contributed by atoms with van der Waals surface area (Å²) in [5, 5.41) is 0. The molecule has 88 valence electrons. The van der Waals surface area contributed by atoms with Gasteiger partial charge in [0.05, 0.1) is 3.79 Å². The molecular weight excluding hydrogens is 286 g/mol. The van der Waals surface area contributed by atoms with E-state index in [1.807, 2.05) is 11.3 Å². The van der Waals surface area contributed by atoms with Crippen molar-refractivity contribution in [3.63, 3.8) is 0 Å². The molecule has 0 saturated carbocycles. The van der Waals surface area contributed by atoms with E-state index in [-0.39, 0.29) is 0 Å². The SMILES string of the molecule is Brc1ccc(CN2CC3(CCOCC3)C2)s1. The molecule has 16 heavy (non-hydrogen) atoms. The Bertz CT molecular complexity index is 365. The molecule has 2 aliphatic heterocycles. The largest absolute Gasteiger partial charge is 0.381 e. The van der Waals surface area contributed by atoms with Crippen molar-refractivity contribution in [2.75, 3.05) is 26.3 Å². The van der Waals surface area contributed by atoms with Crippen LogP contribution in [0.5, 0.6) is 0 Å². The van der Waals surface area contributed by atoms with E-state index >= 15 is 0 Å². The molecule has 2 nitrogen and oxygen atoms in total. The number of nitrogens with zero attached hydrogens (tertiary/aromatic N) is 1. The Labute approximate surface area is 109 Å². The number of halogens is 1. The highest BCUT2D eigenvalue weighted by atomic mass is 79.9. The van der Waals surface area contributed by atoms with Gasteiger partial charge in [-0.15, -0.1) is 11.3 Å². The second kappa shape index (κ2) is 4.41. The lowest BCUT2D eigenvalue weighted by molar-refractivity contribution is -0.0835. The fraction of sp³-hybridized carbons (Fsp3) is 0.667. The lowest BCUT2D eigenvalue weighted by Crippen LogP contribution is -2.57. The van der Waals surface area contributed by atoms with E-state index in [1.54, 1.807) is 0 Å². The summed E-state index contributed by atoms with van der Waals surface area (Å²) in [7, 11) is 0. The third-order valence-corrected chi connectivity index (χ3v) is 5.29. The second-order valence-electron chi connectivity index (χ2n) is 4.96. The molecule has 0 unspecified atom stereocenters. The molecule has 3 heterocycles. The predicted octanol–water partition coefficient (Wildman–Crippen LogP) is 3.12. The van der Waals surface area contributed by atoms with Gasteiger partial charge >= 0.3 is 0 Å². The minimum absolute atomic E-state index is 0.604. The number of ether oxygens (including phenoxy) is 1. The smallest absolute Gasteiger partial charge is 0.0701 e. The van der Waals surface area contributed by atoms with Crippen LogP contribution in [0.15, 0.2) is 15.9 Å². The predicted molar refractivity (Wildman–Crippen MR) is 69.8 cm³/mol. The monoisotopic (exact) mass is 301 g/mol. The van der Waals surface area contributed by atoms with Gasteiger partial charge in [-0.05, 0) is 40.9 Å². The van der Waals surface area contributed by atoms with Crippen LogP contribution in [0.2, 0.25) is 0 Å². The molecule has 0 aromatic carbocycles. The maximum atomic E-state index is 5.43. The maximum Gasteiger partial charge on any atom is 0.0701 e. The molecule has 0 radical (unpaired) electrons. The van der Waals surface area contributed by atoms with E-state index in [1.165, 1.54) is 34.6 Å². The Hall–Kier alpha value is 0.1000. The van der Waals surface area contributed by atoms with Gasteiger partial charge in [-0.25, -0.2) is 0 Å². The van der Waals surface area contributed by atoms with E-state index < -0.39 is 0 Å². The summed E-state index contributed by atoms with van der Waals surface area (Å²) in [4.78, 5) is 4.03. The highest BCUT2D eigenvalue weighted by molar-refractivity contribution is 9.11. The molecule has 2 saturated heterocycles. The zero-order chi connectivity index (χ0) is 11.0. The Balaban J connectivity index is 1.53. The summed E-state index contributed by atoms with van der Waals surface area (Å²) < 4.78 is 6.67. The number of hydrogen-bond acceptors (Lipinski definition) is 3. The van der Waals surface area contributed by atoms with Crippen LogP contribution in [0.4, 0.5) is 0 Å². The molecule has 0 amide bonds. The molecule has 4 heteroatoms. The first-order valence-electron chi connectivity index (χ1n) is 5.80. The minimum atomic E-state index is 0.604. The number of thiophene rings is 1. The fourth-order valence-electron chi connectivity index (χ4n) is 2.79. The van der Waals surface area contributed by atoms with Crippen LogP contribution in [0.3, 0.4) is 0 Å². The van der Waals surface area contributed by atoms with Gasteiger partial charge in [0.2, 0.25) is 0 Å². The van der Waals surface area contributed by atoms with Gasteiger partial charge in [-0.2, -0.15) is 0 Å². The van der Waals surface area contributed by atoms with E-state index in [9.17, 15) is 0 Å².